The molecule has 1 fully saturated rings. The number of hydrogen-bond acceptors (Lipinski definition) is 4. The number of methoxy groups -OCH3 is 1. The van der Waals surface area contributed by atoms with E-state index in [1.165, 1.54) is 33.7 Å². The monoisotopic (exact) mass is 432 g/mol. The van der Waals surface area contributed by atoms with Crippen molar-refractivity contribution in [2.24, 2.45) is 5.92 Å². The summed E-state index contributed by atoms with van der Waals surface area (Å²) < 4.78 is 7.35. The van der Waals surface area contributed by atoms with Gasteiger partial charge in [0.2, 0.25) is 0 Å². The fourth-order valence-corrected chi connectivity index (χ4v) is 5.66. The van der Waals surface area contributed by atoms with E-state index in [4.69, 9.17) is 4.74 Å². The molecule has 0 spiro atoms. The van der Waals surface area contributed by atoms with Crippen molar-refractivity contribution in [3.63, 3.8) is 0 Å². The van der Waals surface area contributed by atoms with Gasteiger partial charge in [0.15, 0.2) is 0 Å². The molecular weight excluding hydrogens is 404 g/mol. The van der Waals surface area contributed by atoms with Gasteiger partial charge in [-0.15, -0.1) is 11.8 Å². The van der Waals surface area contributed by atoms with E-state index in [-0.39, 0.29) is 5.56 Å². The fraction of sp³-hybridized carbons (Fsp3) is 0.346. The molecule has 160 valence electrons. The number of piperidine rings is 1. The SMILES string of the molecule is COc1ccc(CN2CC3CC(C2)c2c(-c4ccc(SC)cc4)ccc(=O)n2C3)cc1. The molecule has 2 aromatic carbocycles. The summed E-state index contributed by atoms with van der Waals surface area (Å²) in [5, 5.41) is 0. The van der Waals surface area contributed by atoms with Crippen LogP contribution in [0.5, 0.6) is 5.75 Å². The topological polar surface area (TPSA) is 34.5 Å². The standard InChI is InChI=1S/C26H28N2O2S/c1-30-22-7-3-18(4-8-22)14-27-15-19-13-21(17-27)26-24(11-12-25(29)28(26)16-19)20-5-9-23(31-2)10-6-20/h3-12,19,21H,13-17H2,1-2H3. The molecule has 0 amide bonds. The molecule has 3 aromatic rings. The maximum absolute atomic E-state index is 12.7. The summed E-state index contributed by atoms with van der Waals surface area (Å²) in [5.74, 6) is 1.80. The molecule has 2 atom stereocenters. The van der Waals surface area contributed by atoms with Gasteiger partial charge in [0.05, 0.1) is 7.11 Å². The number of thioether (sulfide) groups is 1. The van der Waals surface area contributed by atoms with Crippen molar-refractivity contribution in [2.45, 2.75) is 30.3 Å². The second kappa shape index (κ2) is 8.56. The molecule has 0 N–H and O–H groups in total. The highest BCUT2D eigenvalue weighted by Gasteiger charge is 2.36. The van der Waals surface area contributed by atoms with Gasteiger partial charge < -0.3 is 9.30 Å². The summed E-state index contributed by atoms with van der Waals surface area (Å²) in [4.78, 5) is 16.6. The van der Waals surface area contributed by atoms with E-state index in [1.54, 1.807) is 24.9 Å². The third-order valence-corrected chi connectivity index (χ3v) is 7.38. The zero-order chi connectivity index (χ0) is 21.4. The van der Waals surface area contributed by atoms with Gasteiger partial charge in [0, 0.05) is 54.3 Å². The number of hydrogen-bond donors (Lipinski definition) is 0. The van der Waals surface area contributed by atoms with Crippen LogP contribution in [0.1, 0.15) is 23.6 Å². The van der Waals surface area contributed by atoms with E-state index in [0.29, 0.717) is 11.8 Å². The predicted molar refractivity (Wildman–Crippen MR) is 127 cm³/mol. The average Bonchev–Trinajstić information content (AvgIpc) is 2.80. The average molecular weight is 433 g/mol. The first-order valence-corrected chi connectivity index (χ1v) is 12.1. The molecule has 1 saturated heterocycles. The van der Waals surface area contributed by atoms with Crippen molar-refractivity contribution in [3.8, 4) is 16.9 Å². The largest absolute Gasteiger partial charge is 0.497 e. The molecule has 31 heavy (non-hydrogen) atoms. The number of likely N-dealkylation sites (tertiary alicyclic amines) is 1. The third-order valence-electron chi connectivity index (χ3n) is 6.63. The Labute approximate surface area is 187 Å². The molecule has 3 heterocycles. The molecule has 2 aliphatic rings. The normalized spacial score (nSPS) is 20.3. The van der Waals surface area contributed by atoms with Gasteiger partial charge in [-0.2, -0.15) is 0 Å². The number of ether oxygens (including phenoxy) is 1. The minimum atomic E-state index is 0.137. The van der Waals surface area contributed by atoms with Crippen LogP contribution in [0.25, 0.3) is 11.1 Å². The summed E-state index contributed by atoms with van der Waals surface area (Å²) in [6.07, 6.45) is 3.26. The molecule has 0 saturated carbocycles. The first kappa shape index (κ1) is 20.4. The van der Waals surface area contributed by atoms with Crippen molar-refractivity contribution in [1.82, 2.24) is 9.47 Å². The first-order chi connectivity index (χ1) is 15.1. The maximum atomic E-state index is 12.7. The summed E-state index contributed by atoms with van der Waals surface area (Å²) in [6, 6.07) is 20.9. The Kier molecular flexibility index (Phi) is 5.63. The zero-order valence-corrected chi connectivity index (χ0v) is 18.9. The van der Waals surface area contributed by atoms with Crippen LogP contribution in [-0.4, -0.2) is 35.9 Å². The quantitative estimate of drug-likeness (QED) is 0.539. The molecule has 2 aliphatic heterocycles. The fourth-order valence-electron chi connectivity index (χ4n) is 5.25. The molecule has 0 aliphatic carbocycles. The number of pyridine rings is 1. The molecular formula is C26H28N2O2S. The van der Waals surface area contributed by atoms with Crippen molar-refractivity contribution in [3.05, 3.63) is 82.3 Å². The van der Waals surface area contributed by atoms with Gasteiger partial charge in [-0.1, -0.05) is 24.3 Å². The summed E-state index contributed by atoms with van der Waals surface area (Å²) in [5.41, 5.74) is 5.08. The van der Waals surface area contributed by atoms with Crippen molar-refractivity contribution in [1.29, 1.82) is 0 Å². The van der Waals surface area contributed by atoms with Crippen molar-refractivity contribution in [2.75, 3.05) is 26.5 Å². The predicted octanol–water partition coefficient (Wildman–Crippen LogP) is 4.87. The Balaban J connectivity index is 1.45. The third kappa shape index (κ3) is 4.04. The van der Waals surface area contributed by atoms with E-state index in [2.05, 4.69) is 52.1 Å². The Morgan fingerprint density at radius 3 is 2.45 bits per heavy atom. The van der Waals surface area contributed by atoms with Gasteiger partial charge in [-0.25, -0.2) is 0 Å². The highest BCUT2D eigenvalue weighted by Crippen LogP contribution is 2.40. The lowest BCUT2D eigenvalue weighted by molar-refractivity contribution is 0.115. The van der Waals surface area contributed by atoms with E-state index < -0.39 is 0 Å². The lowest BCUT2D eigenvalue weighted by atomic mass is 9.80. The lowest BCUT2D eigenvalue weighted by Gasteiger charge is -2.43. The first-order valence-electron chi connectivity index (χ1n) is 10.9. The minimum Gasteiger partial charge on any atom is -0.497 e. The smallest absolute Gasteiger partial charge is 0.250 e. The minimum absolute atomic E-state index is 0.137. The van der Waals surface area contributed by atoms with Gasteiger partial charge in [0.1, 0.15) is 5.75 Å². The molecule has 4 nitrogen and oxygen atoms in total. The number of benzene rings is 2. The van der Waals surface area contributed by atoms with Crippen LogP contribution in [0.4, 0.5) is 0 Å². The van der Waals surface area contributed by atoms with Crippen LogP contribution in [0.2, 0.25) is 0 Å². The summed E-state index contributed by atoms with van der Waals surface area (Å²) in [6.45, 7) is 3.79. The van der Waals surface area contributed by atoms with E-state index in [1.807, 2.05) is 18.2 Å². The molecule has 2 bridgehead atoms. The van der Waals surface area contributed by atoms with Crippen LogP contribution in [0, 0.1) is 5.92 Å². The van der Waals surface area contributed by atoms with Crippen LogP contribution < -0.4 is 10.3 Å². The van der Waals surface area contributed by atoms with Crippen LogP contribution >= 0.6 is 11.8 Å². The summed E-state index contributed by atoms with van der Waals surface area (Å²) in [7, 11) is 1.70. The highest BCUT2D eigenvalue weighted by molar-refractivity contribution is 7.98. The zero-order valence-electron chi connectivity index (χ0n) is 18.1. The van der Waals surface area contributed by atoms with Crippen LogP contribution in [-0.2, 0) is 13.1 Å². The van der Waals surface area contributed by atoms with E-state index in [9.17, 15) is 4.79 Å². The second-order valence-electron chi connectivity index (χ2n) is 8.65. The Morgan fingerprint density at radius 2 is 1.74 bits per heavy atom. The van der Waals surface area contributed by atoms with E-state index >= 15 is 0 Å². The van der Waals surface area contributed by atoms with Gasteiger partial charge in [-0.05, 0) is 60.1 Å². The lowest BCUT2D eigenvalue weighted by Crippen LogP contribution is -2.47. The molecule has 1 aromatic heterocycles. The molecule has 2 unspecified atom stereocenters. The van der Waals surface area contributed by atoms with Crippen molar-refractivity contribution < 1.29 is 4.74 Å². The van der Waals surface area contributed by atoms with Crippen molar-refractivity contribution >= 4 is 11.8 Å². The molecule has 5 rings (SSSR count). The Bertz CT molecular complexity index is 1120. The summed E-state index contributed by atoms with van der Waals surface area (Å²) >= 11 is 1.75. The van der Waals surface area contributed by atoms with Gasteiger partial charge in [0.25, 0.3) is 5.56 Å². The Morgan fingerprint density at radius 1 is 0.968 bits per heavy atom. The maximum Gasteiger partial charge on any atom is 0.250 e. The van der Waals surface area contributed by atoms with Gasteiger partial charge >= 0.3 is 0 Å². The Hall–Kier alpha value is -2.50. The van der Waals surface area contributed by atoms with Gasteiger partial charge in [-0.3, -0.25) is 9.69 Å². The molecule has 0 radical (unpaired) electrons. The van der Waals surface area contributed by atoms with E-state index in [0.717, 1.165) is 31.9 Å². The second-order valence-corrected chi connectivity index (χ2v) is 9.53. The number of fused-ring (bicyclic) bond motifs is 4. The number of nitrogens with zero attached hydrogens (tertiary/aromatic N) is 2. The highest BCUT2D eigenvalue weighted by atomic mass is 32.2. The number of aromatic nitrogens is 1. The number of rotatable bonds is 5. The van der Waals surface area contributed by atoms with Crippen LogP contribution in [0.3, 0.4) is 0 Å². The molecule has 5 heteroatoms. The van der Waals surface area contributed by atoms with Crippen LogP contribution in [0.15, 0.2) is 70.4 Å².